The summed E-state index contributed by atoms with van der Waals surface area (Å²) in [6.07, 6.45) is 6.92. The van der Waals surface area contributed by atoms with Crippen molar-refractivity contribution in [2.45, 2.75) is 19.3 Å². The lowest BCUT2D eigenvalue weighted by Gasteiger charge is -2.35. The molecule has 0 unspecified atom stereocenters. The molecule has 3 heterocycles. The summed E-state index contributed by atoms with van der Waals surface area (Å²) >= 11 is 0. The highest BCUT2D eigenvalue weighted by Gasteiger charge is 2.21. The molecule has 8 heteroatoms. The molecule has 144 valence electrons. The zero-order valence-electron chi connectivity index (χ0n) is 15.5. The maximum absolute atomic E-state index is 12.6. The molecule has 1 N–H and O–H groups in total. The number of fused-ring (bicyclic) bond motifs is 1. The Morgan fingerprint density at radius 1 is 1.07 bits per heavy atom. The van der Waals surface area contributed by atoms with Gasteiger partial charge in [0, 0.05) is 50.4 Å². The molecule has 3 aromatic rings. The van der Waals surface area contributed by atoms with Gasteiger partial charge in [0.2, 0.25) is 5.91 Å². The Hall–Kier alpha value is -3.29. The predicted molar refractivity (Wildman–Crippen MR) is 106 cm³/mol. The lowest BCUT2D eigenvalue weighted by atomic mass is 10.1. The number of piperazine rings is 1. The number of aromatic nitrogens is 4. The van der Waals surface area contributed by atoms with Gasteiger partial charge in [-0.3, -0.25) is 14.6 Å². The van der Waals surface area contributed by atoms with Gasteiger partial charge in [-0.1, -0.05) is 18.2 Å². The van der Waals surface area contributed by atoms with Gasteiger partial charge >= 0.3 is 0 Å². The fourth-order valence-corrected chi connectivity index (χ4v) is 3.57. The molecule has 8 nitrogen and oxygen atoms in total. The summed E-state index contributed by atoms with van der Waals surface area (Å²) in [4.78, 5) is 36.9. The normalized spacial score (nSPS) is 14.4. The van der Waals surface area contributed by atoms with Gasteiger partial charge in [-0.15, -0.1) is 0 Å². The van der Waals surface area contributed by atoms with Crippen molar-refractivity contribution < 1.29 is 4.79 Å². The fraction of sp³-hybridized carbons (Fsp3) is 0.350. The van der Waals surface area contributed by atoms with E-state index in [1.54, 1.807) is 24.7 Å². The van der Waals surface area contributed by atoms with Crippen LogP contribution in [0.15, 0.2) is 47.7 Å². The summed E-state index contributed by atoms with van der Waals surface area (Å²) in [5, 5.41) is 8.22. The second-order valence-corrected chi connectivity index (χ2v) is 6.83. The predicted octanol–water partition coefficient (Wildman–Crippen LogP) is 1.38. The van der Waals surface area contributed by atoms with Crippen molar-refractivity contribution in [1.82, 2.24) is 25.1 Å². The van der Waals surface area contributed by atoms with E-state index in [0.717, 1.165) is 30.0 Å². The molecule has 0 spiro atoms. The van der Waals surface area contributed by atoms with Crippen LogP contribution in [0.25, 0.3) is 10.8 Å². The van der Waals surface area contributed by atoms with Crippen LogP contribution in [-0.4, -0.2) is 57.2 Å². The third kappa shape index (κ3) is 3.85. The number of nitrogens with one attached hydrogen (secondary N) is 1. The Morgan fingerprint density at radius 2 is 1.86 bits per heavy atom. The van der Waals surface area contributed by atoms with Crippen LogP contribution in [-0.2, 0) is 11.2 Å². The van der Waals surface area contributed by atoms with Gasteiger partial charge in [-0.05, 0) is 18.9 Å². The Morgan fingerprint density at radius 3 is 2.61 bits per heavy atom. The summed E-state index contributed by atoms with van der Waals surface area (Å²) < 4.78 is 0. The minimum absolute atomic E-state index is 0.160. The zero-order chi connectivity index (χ0) is 19.3. The van der Waals surface area contributed by atoms with Crippen LogP contribution in [0.5, 0.6) is 0 Å². The van der Waals surface area contributed by atoms with E-state index in [4.69, 9.17) is 0 Å². The van der Waals surface area contributed by atoms with Crippen molar-refractivity contribution in [2.24, 2.45) is 0 Å². The van der Waals surface area contributed by atoms with Crippen LogP contribution in [0.2, 0.25) is 0 Å². The molecule has 0 aliphatic carbocycles. The number of aryl methyl sites for hydroxylation is 1. The topological polar surface area (TPSA) is 95.1 Å². The SMILES string of the molecule is O=C(CCCc1n[nH]c(=O)c2ccccc12)N1CCN(c2cnccn2)CC1. The Kier molecular flexibility index (Phi) is 5.27. The summed E-state index contributed by atoms with van der Waals surface area (Å²) in [6.45, 7) is 2.90. The van der Waals surface area contributed by atoms with E-state index in [1.165, 1.54) is 0 Å². The molecule has 0 bridgehead atoms. The first-order valence-corrected chi connectivity index (χ1v) is 9.47. The highest BCUT2D eigenvalue weighted by atomic mass is 16.2. The molecule has 4 rings (SSSR count). The number of carbonyl (C=O) groups is 1. The highest BCUT2D eigenvalue weighted by Crippen LogP contribution is 2.16. The minimum atomic E-state index is -0.184. The van der Waals surface area contributed by atoms with Gasteiger partial charge in [0.1, 0.15) is 5.82 Å². The van der Waals surface area contributed by atoms with E-state index in [-0.39, 0.29) is 11.5 Å². The van der Waals surface area contributed by atoms with Crippen molar-refractivity contribution in [3.8, 4) is 0 Å². The number of carbonyl (C=O) groups excluding carboxylic acids is 1. The zero-order valence-corrected chi connectivity index (χ0v) is 15.5. The van der Waals surface area contributed by atoms with Crippen molar-refractivity contribution in [3.63, 3.8) is 0 Å². The lowest BCUT2D eigenvalue weighted by molar-refractivity contribution is -0.131. The molecule has 0 radical (unpaired) electrons. The Labute approximate surface area is 162 Å². The van der Waals surface area contributed by atoms with Crippen LogP contribution in [0.1, 0.15) is 18.5 Å². The van der Waals surface area contributed by atoms with Gasteiger partial charge in [-0.2, -0.15) is 5.10 Å². The number of amides is 1. The number of benzene rings is 1. The molecule has 1 aliphatic heterocycles. The smallest absolute Gasteiger partial charge is 0.272 e. The third-order valence-corrected chi connectivity index (χ3v) is 5.09. The van der Waals surface area contributed by atoms with E-state index in [9.17, 15) is 9.59 Å². The number of H-pyrrole nitrogens is 1. The van der Waals surface area contributed by atoms with Crippen molar-refractivity contribution in [3.05, 3.63) is 58.9 Å². The van der Waals surface area contributed by atoms with E-state index in [0.29, 0.717) is 37.7 Å². The van der Waals surface area contributed by atoms with E-state index < -0.39 is 0 Å². The number of hydrogen-bond donors (Lipinski definition) is 1. The Balaban J connectivity index is 1.30. The largest absolute Gasteiger partial charge is 0.352 e. The fourth-order valence-electron chi connectivity index (χ4n) is 3.57. The van der Waals surface area contributed by atoms with Crippen LogP contribution in [0.4, 0.5) is 5.82 Å². The highest BCUT2D eigenvalue weighted by molar-refractivity contribution is 5.83. The molecule has 1 aromatic carbocycles. The van der Waals surface area contributed by atoms with Gasteiger partial charge in [0.25, 0.3) is 5.56 Å². The average molecular weight is 378 g/mol. The van der Waals surface area contributed by atoms with Gasteiger partial charge in [0.05, 0.1) is 17.3 Å². The maximum Gasteiger partial charge on any atom is 0.272 e. The summed E-state index contributed by atoms with van der Waals surface area (Å²) in [5.41, 5.74) is 0.645. The number of anilines is 1. The van der Waals surface area contributed by atoms with E-state index in [2.05, 4.69) is 25.1 Å². The minimum Gasteiger partial charge on any atom is -0.352 e. The monoisotopic (exact) mass is 378 g/mol. The van der Waals surface area contributed by atoms with E-state index >= 15 is 0 Å². The van der Waals surface area contributed by atoms with Gasteiger partial charge in [-0.25, -0.2) is 10.1 Å². The summed E-state index contributed by atoms with van der Waals surface area (Å²) in [7, 11) is 0. The molecule has 0 atom stereocenters. The first-order valence-electron chi connectivity index (χ1n) is 9.47. The van der Waals surface area contributed by atoms with Crippen molar-refractivity contribution >= 4 is 22.5 Å². The third-order valence-electron chi connectivity index (χ3n) is 5.09. The molecule has 0 saturated carbocycles. The summed E-state index contributed by atoms with van der Waals surface area (Å²) in [6, 6.07) is 7.43. The second kappa shape index (κ2) is 8.16. The first kappa shape index (κ1) is 18.1. The second-order valence-electron chi connectivity index (χ2n) is 6.83. The van der Waals surface area contributed by atoms with Crippen molar-refractivity contribution in [2.75, 3.05) is 31.1 Å². The molecular weight excluding hydrogens is 356 g/mol. The lowest BCUT2D eigenvalue weighted by Crippen LogP contribution is -2.49. The van der Waals surface area contributed by atoms with E-state index in [1.807, 2.05) is 23.1 Å². The molecule has 2 aromatic heterocycles. The van der Waals surface area contributed by atoms with Crippen molar-refractivity contribution in [1.29, 1.82) is 0 Å². The van der Waals surface area contributed by atoms with Crippen LogP contribution in [0, 0.1) is 0 Å². The number of rotatable bonds is 5. The van der Waals surface area contributed by atoms with Crippen LogP contribution < -0.4 is 10.5 Å². The Bertz CT molecular complexity index is 1010. The molecule has 1 saturated heterocycles. The van der Waals surface area contributed by atoms with Gasteiger partial charge in [0.15, 0.2) is 0 Å². The summed E-state index contributed by atoms with van der Waals surface area (Å²) in [5.74, 6) is 1.01. The standard InChI is InChI=1S/C20H22N6O2/c27-19(26-12-10-25(11-13-26)18-14-21-8-9-22-18)7-3-6-17-15-4-1-2-5-16(15)20(28)24-23-17/h1-2,4-5,8-9,14H,3,6-7,10-13H2,(H,24,28). The average Bonchev–Trinajstić information content (AvgIpc) is 2.76. The maximum atomic E-state index is 12.6. The molecule has 28 heavy (non-hydrogen) atoms. The number of nitrogens with zero attached hydrogens (tertiary/aromatic N) is 5. The molecule has 1 amide bonds. The number of hydrogen-bond acceptors (Lipinski definition) is 6. The molecule has 1 fully saturated rings. The molecular formula is C20H22N6O2. The first-order chi connectivity index (χ1) is 13.7. The van der Waals surface area contributed by atoms with Crippen LogP contribution >= 0.6 is 0 Å². The van der Waals surface area contributed by atoms with Gasteiger partial charge < -0.3 is 9.80 Å². The molecule has 1 aliphatic rings. The van der Waals surface area contributed by atoms with Crippen LogP contribution in [0.3, 0.4) is 0 Å². The quantitative estimate of drug-likeness (QED) is 0.721. The number of aromatic amines is 1.